The predicted molar refractivity (Wildman–Crippen MR) is 78.0 cm³/mol. The van der Waals surface area contributed by atoms with Crippen LogP contribution in [0.1, 0.15) is 27.2 Å². The molecular weight excluding hydrogens is 272 g/mol. The molecule has 21 heavy (non-hydrogen) atoms. The molecule has 0 bridgehead atoms. The van der Waals surface area contributed by atoms with Crippen LogP contribution in [-0.2, 0) is 16.1 Å². The maximum atomic E-state index is 12.2. The van der Waals surface area contributed by atoms with Crippen molar-refractivity contribution in [3.05, 3.63) is 28.7 Å². The number of anilines is 1. The molecular formula is C15H20N2O4. The molecule has 0 radical (unpaired) electrons. The van der Waals surface area contributed by atoms with Gasteiger partial charge in [0, 0.05) is 18.8 Å². The molecule has 2 N–H and O–H groups in total. The molecule has 2 rings (SSSR count). The number of nitrogens with one attached hydrogen (secondary N) is 1. The van der Waals surface area contributed by atoms with E-state index >= 15 is 0 Å². The molecule has 1 aliphatic rings. The van der Waals surface area contributed by atoms with Gasteiger partial charge in [-0.05, 0) is 17.9 Å². The zero-order valence-corrected chi connectivity index (χ0v) is 12.4. The number of nitrogens with zero attached hydrogens (tertiary/aromatic N) is 1. The first-order valence-corrected chi connectivity index (χ1v) is 7.03. The minimum absolute atomic E-state index is 0.120. The highest BCUT2D eigenvalue weighted by atomic mass is 16.4. The third-order valence-electron chi connectivity index (χ3n) is 4.09. The molecule has 6 heteroatoms. The zero-order valence-electron chi connectivity index (χ0n) is 12.4. The van der Waals surface area contributed by atoms with Gasteiger partial charge in [0.05, 0.1) is 17.5 Å². The fourth-order valence-electron chi connectivity index (χ4n) is 2.83. The van der Waals surface area contributed by atoms with Crippen molar-refractivity contribution in [3.63, 3.8) is 0 Å². The molecule has 2 unspecified atom stereocenters. The maximum Gasteiger partial charge on any atom is 0.307 e. The van der Waals surface area contributed by atoms with Gasteiger partial charge in [-0.1, -0.05) is 20.8 Å². The lowest BCUT2D eigenvalue weighted by Gasteiger charge is -2.09. The monoisotopic (exact) mass is 292 g/mol. The van der Waals surface area contributed by atoms with E-state index in [1.807, 2.05) is 6.92 Å². The van der Waals surface area contributed by atoms with E-state index < -0.39 is 23.2 Å². The fraction of sp³-hybridized carbons (Fsp3) is 0.533. The summed E-state index contributed by atoms with van der Waals surface area (Å²) in [7, 11) is 0. The van der Waals surface area contributed by atoms with Gasteiger partial charge >= 0.3 is 5.97 Å². The van der Waals surface area contributed by atoms with Crippen LogP contribution in [0.5, 0.6) is 0 Å². The number of aliphatic carboxylic acids is 1. The quantitative estimate of drug-likeness (QED) is 0.862. The highest BCUT2D eigenvalue weighted by Gasteiger charge is 2.65. The summed E-state index contributed by atoms with van der Waals surface area (Å²) in [5.74, 6) is -2.45. The summed E-state index contributed by atoms with van der Waals surface area (Å²) in [6.45, 7) is 6.08. The molecule has 1 aromatic rings. The molecule has 1 aliphatic carbocycles. The van der Waals surface area contributed by atoms with E-state index in [1.54, 1.807) is 20.0 Å². The summed E-state index contributed by atoms with van der Waals surface area (Å²) >= 11 is 0. The number of carboxylic acids is 1. The molecule has 1 saturated carbocycles. The number of hydrogen-bond donors (Lipinski definition) is 2. The Morgan fingerprint density at radius 1 is 1.33 bits per heavy atom. The number of amides is 1. The largest absolute Gasteiger partial charge is 0.481 e. The average molecular weight is 292 g/mol. The van der Waals surface area contributed by atoms with Crippen molar-refractivity contribution in [3.8, 4) is 0 Å². The van der Waals surface area contributed by atoms with Crippen LogP contribution >= 0.6 is 0 Å². The van der Waals surface area contributed by atoms with Crippen LogP contribution in [0.2, 0.25) is 0 Å². The third kappa shape index (κ3) is 2.84. The maximum absolute atomic E-state index is 12.2. The SMILES string of the molecule is CCCn1cc(NC(=O)C2C(C(=O)O)C2(C)C)ccc1=O. The van der Waals surface area contributed by atoms with Gasteiger partial charge in [0.15, 0.2) is 0 Å². The Labute approximate surface area is 122 Å². The van der Waals surface area contributed by atoms with Crippen LogP contribution in [0, 0.1) is 17.3 Å². The number of aryl methyl sites for hydroxylation is 1. The summed E-state index contributed by atoms with van der Waals surface area (Å²) in [5.41, 5.74) is -0.141. The Kier molecular flexibility index (Phi) is 3.89. The minimum Gasteiger partial charge on any atom is -0.481 e. The Bertz CT molecular complexity index is 633. The van der Waals surface area contributed by atoms with Gasteiger partial charge in [-0.15, -0.1) is 0 Å². The Balaban J connectivity index is 2.13. The molecule has 0 aromatic carbocycles. The van der Waals surface area contributed by atoms with Crippen molar-refractivity contribution >= 4 is 17.6 Å². The second-order valence-electron chi connectivity index (χ2n) is 6.05. The van der Waals surface area contributed by atoms with Gasteiger partial charge in [-0.2, -0.15) is 0 Å². The normalized spacial score (nSPS) is 22.6. The Morgan fingerprint density at radius 2 is 2.00 bits per heavy atom. The summed E-state index contributed by atoms with van der Waals surface area (Å²) in [4.78, 5) is 34.9. The first-order valence-electron chi connectivity index (χ1n) is 7.03. The molecule has 1 heterocycles. The second kappa shape index (κ2) is 5.35. The second-order valence-corrected chi connectivity index (χ2v) is 6.05. The van der Waals surface area contributed by atoms with Crippen molar-refractivity contribution in [2.75, 3.05) is 5.32 Å². The standard InChI is InChI=1S/C15H20N2O4/c1-4-7-17-8-9(5-6-10(17)18)16-13(19)11-12(14(20)21)15(11,2)3/h5-6,8,11-12H,4,7H2,1-3H3,(H,16,19)(H,20,21). The minimum atomic E-state index is -0.948. The number of aromatic nitrogens is 1. The number of rotatable bonds is 5. The van der Waals surface area contributed by atoms with Crippen LogP contribution in [0.25, 0.3) is 0 Å². The van der Waals surface area contributed by atoms with Crippen molar-refractivity contribution in [1.82, 2.24) is 4.57 Å². The van der Waals surface area contributed by atoms with Crippen LogP contribution in [-0.4, -0.2) is 21.6 Å². The molecule has 114 valence electrons. The molecule has 6 nitrogen and oxygen atoms in total. The average Bonchev–Trinajstić information content (AvgIpc) is 2.97. The lowest BCUT2D eigenvalue weighted by molar-refractivity contribution is -0.140. The number of pyridine rings is 1. The van der Waals surface area contributed by atoms with Crippen molar-refractivity contribution in [2.45, 2.75) is 33.7 Å². The molecule has 0 aliphatic heterocycles. The highest BCUT2D eigenvalue weighted by molar-refractivity contribution is 5.99. The van der Waals surface area contributed by atoms with Crippen LogP contribution < -0.4 is 10.9 Å². The summed E-state index contributed by atoms with van der Waals surface area (Å²) in [6, 6.07) is 2.94. The first kappa shape index (κ1) is 15.3. The van der Waals surface area contributed by atoms with E-state index in [2.05, 4.69) is 5.32 Å². The van der Waals surface area contributed by atoms with Crippen molar-refractivity contribution in [2.24, 2.45) is 17.3 Å². The highest BCUT2D eigenvalue weighted by Crippen LogP contribution is 2.58. The van der Waals surface area contributed by atoms with E-state index in [-0.39, 0.29) is 11.5 Å². The van der Waals surface area contributed by atoms with Gasteiger partial charge < -0.3 is 15.0 Å². The first-order chi connectivity index (χ1) is 9.78. The number of carbonyl (C=O) groups is 2. The van der Waals surface area contributed by atoms with E-state index in [4.69, 9.17) is 5.11 Å². The number of carbonyl (C=O) groups excluding carboxylic acids is 1. The summed E-state index contributed by atoms with van der Waals surface area (Å²) in [6.07, 6.45) is 2.41. The van der Waals surface area contributed by atoms with Crippen molar-refractivity contribution in [1.29, 1.82) is 0 Å². The summed E-state index contributed by atoms with van der Waals surface area (Å²) in [5, 5.41) is 11.8. The van der Waals surface area contributed by atoms with E-state index in [9.17, 15) is 14.4 Å². The fourth-order valence-corrected chi connectivity index (χ4v) is 2.83. The number of hydrogen-bond acceptors (Lipinski definition) is 3. The van der Waals surface area contributed by atoms with Crippen LogP contribution in [0.3, 0.4) is 0 Å². The van der Waals surface area contributed by atoms with Gasteiger partial charge in [0.25, 0.3) is 5.56 Å². The van der Waals surface area contributed by atoms with Gasteiger partial charge in [0.2, 0.25) is 5.91 Å². The van der Waals surface area contributed by atoms with E-state index in [1.165, 1.54) is 16.7 Å². The van der Waals surface area contributed by atoms with Crippen molar-refractivity contribution < 1.29 is 14.7 Å². The Morgan fingerprint density at radius 3 is 2.52 bits per heavy atom. The molecule has 1 amide bonds. The molecule has 0 saturated heterocycles. The molecule has 1 aromatic heterocycles. The topological polar surface area (TPSA) is 88.4 Å². The van der Waals surface area contributed by atoms with E-state index in [0.29, 0.717) is 12.2 Å². The van der Waals surface area contributed by atoms with Crippen LogP contribution in [0.15, 0.2) is 23.1 Å². The molecule has 2 atom stereocenters. The summed E-state index contributed by atoms with van der Waals surface area (Å²) < 4.78 is 1.53. The van der Waals surface area contributed by atoms with Gasteiger partial charge in [-0.3, -0.25) is 14.4 Å². The molecule has 1 fully saturated rings. The molecule has 0 spiro atoms. The Hall–Kier alpha value is -2.11. The lowest BCUT2D eigenvalue weighted by atomic mass is 10.1. The van der Waals surface area contributed by atoms with Gasteiger partial charge in [-0.25, -0.2) is 0 Å². The lowest BCUT2D eigenvalue weighted by Crippen LogP contribution is -2.22. The zero-order chi connectivity index (χ0) is 15.8. The van der Waals surface area contributed by atoms with Crippen LogP contribution in [0.4, 0.5) is 5.69 Å². The number of carboxylic acid groups (broad SMARTS) is 1. The predicted octanol–water partition coefficient (Wildman–Crippen LogP) is 1.55. The smallest absolute Gasteiger partial charge is 0.307 e. The van der Waals surface area contributed by atoms with E-state index in [0.717, 1.165) is 6.42 Å². The third-order valence-corrected chi connectivity index (χ3v) is 4.09. The van der Waals surface area contributed by atoms with Gasteiger partial charge in [0.1, 0.15) is 0 Å².